The largest absolute Gasteiger partial charge is 0.342 e. The molecule has 0 radical (unpaired) electrons. The summed E-state index contributed by atoms with van der Waals surface area (Å²) < 4.78 is 0. The molecule has 2 aromatic heterocycles. The van der Waals surface area contributed by atoms with Crippen molar-refractivity contribution in [1.29, 1.82) is 0 Å². The lowest BCUT2D eigenvalue weighted by molar-refractivity contribution is 1.15. The van der Waals surface area contributed by atoms with Crippen LogP contribution in [0, 0.1) is 6.92 Å². The molecule has 0 aliphatic rings. The third-order valence-electron chi connectivity index (χ3n) is 2.84. The van der Waals surface area contributed by atoms with Crippen molar-refractivity contribution < 1.29 is 0 Å². The first-order valence-electron chi connectivity index (χ1n) is 5.87. The first kappa shape index (κ1) is 10.7. The Morgan fingerprint density at radius 3 is 2.33 bits per heavy atom. The van der Waals surface area contributed by atoms with E-state index >= 15 is 0 Å². The molecule has 88 valence electrons. The Morgan fingerprint density at radius 1 is 0.889 bits per heavy atom. The first-order valence-corrected chi connectivity index (χ1v) is 5.87. The second-order valence-corrected chi connectivity index (χ2v) is 4.15. The molecule has 0 aliphatic heterocycles. The summed E-state index contributed by atoms with van der Waals surface area (Å²) in [5, 5.41) is 0. The van der Waals surface area contributed by atoms with Crippen molar-refractivity contribution in [3.05, 3.63) is 60.7 Å². The van der Waals surface area contributed by atoms with Crippen molar-refractivity contribution in [3.8, 4) is 22.5 Å². The quantitative estimate of drug-likeness (QED) is 0.739. The number of nitrogens with zero attached hydrogens (tertiary/aromatic N) is 2. The van der Waals surface area contributed by atoms with Gasteiger partial charge in [-0.1, -0.05) is 30.3 Å². The average molecular weight is 235 g/mol. The SMILES string of the molecule is Cc1nc(-c2ccccc2)c(-c2ccncc2)[nH]1. The molecule has 0 amide bonds. The summed E-state index contributed by atoms with van der Waals surface area (Å²) in [6, 6.07) is 14.2. The van der Waals surface area contributed by atoms with Gasteiger partial charge >= 0.3 is 0 Å². The van der Waals surface area contributed by atoms with E-state index in [1.165, 1.54) is 0 Å². The molecule has 1 N–H and O–H groups in total. The predicted octanol–water partition coefficient (Wildman–Crippen LogP) is 3.45. The van der Waals surface area contributed by atoms with Crippen molar-refractivity contribution in [2.45, 2.75) is 6.92 Å². The van der Waals surface area contributed by atoms with Crippen molar-refractivity contribution >= 4 is 0 Å². The molecule has 0 saturated carbocycles. The number of aryl methyl sites for hydroxylation is 1. The smallest absolute Gasteiger partial charge is 0.104 e. The summed E-state index contributed by atoms with van der Waals surface area (Å²) in [5.41, 5.74) is 4.25. The molecular formula is C15H13N3. The van der Waals surface area contributed by atoms with Gasteiger partial charge in [0.25, 0.3) is 0 Å². The minimum atomic E-state index is 0.917. The van der Waals surface area contributed by atoms with Crippen LogP contribution in [0.25, 0.3) is 22.5 Å². The van der Waals surface area contributed by atoms with Gasteiger partial charge in [-0.25, -0.2) is 4.98 Å². The van der Waals surface area contributed by atoms with E-state index in [1.807, 2.05) is 37.3 Å². The van der Waals surface area contributed by atoms with Crippen LogP contribution in [0.2, 0.25) is 0 Å². The van der Waals surface area contributed by atoms with E-state index in [4.69, 9.17) is 0 Å². The number of imidazole rings is 1. The minimum absolute atomic E-state index is 0.917. The Balaban J connectivity index is 2.17. The number of hydrogen-bond acceptors (Lipinski definition) is 2. The van der Waals surface area contributed by atoms with Crippen LogP contribution in [0.5, 0.6) is 0 Å². The zero-order valence-corrected chi connectivity index (χ0v) is 10.1. The molecule has 0 aliphatic carbocycles. The van der Waals surface area contributed by atoms with Crippen LogP contribution in [0.15, 0.2) is 54.9 Å². The zero-order chi connectivity index (χ0) is 12.4. The summed E-state index contributed by atoms with van der Waals surface area (Å²) in [6.45, 7) is 1.97. The molecular weight excluding hydrogens is 222 g/mol. The van der Waals surface area contributed by atoms with Crippen LogP contribution < -0.4 is 0 Å². The van der Waals surface area contributed by atoms with E-state index < -0.39 is 0 Å². The predicted molar refractivity (Wildman–Crippen MR) is 72.0 cm³/mol. The minimum Gasteiger partial charge on any atom is -0.342 e. The number of hydrogen-bond donors (Lipinski definition) is 1. The topological polar surface area (TPSA) is 41.6 Å². The highest BCUT2D eigenvalue weighted by Crippen LogP contribution is 2.29. The van der Waals surface area contributed by atoms with Crippen molar-refractivity contribution in [3.63, 3.8) is 0 Å². The van der Waals surface area contributed by atoms with Crippen LogP contribution in [-0.4, -0.2) is 15.0 Å². The second kappa shape index (κ2) is 4.45. The Hall–Kier alpha value is -2.42. The summed E-state index contributed by atoms with van der Waals surface area (Å²) in [7, 11) is 0. The molecule has 3 nitrogen and oxygen atoms in total. The average Bonchev–Trinajstić information content (AvgIpc) is 2.83. The van der Waals surface area contributed by atoms with Crippen molar-refractivity contribution in [2.24, 2.45) is 0 Å². The van der Waals surface area contributed by atoms with Gasteiger partial charge in [-0.15, -0.1) is 0 Å². The molecule has 0 spiro atoms. The fourth-order valence-corrected chi connectivity index (χ4v) is 2.02. The first-order chi connectivity index (χ1) is 8.84. The molecule has 2 heterocycles. The van der Waals surface area contributed by atoms with E-state index in [-0.39, 0.29) is 0 Å². The fourth-order valence-electron chi connectivity index (χ4n) is 2.02. The van der Waals surface area contributed by atoms with Gasteiger partial charge in [0.1, 0.15) is 5.82 Å². The van der Waals surface area contributed by atoms with E-state index in [9.17, 15) is 0 Å². The molecule has 18 heavy (non-hydrogen) atoms. The van der Waals surface area contributed by atoms with Crippen molar-refractivity contribution in [2.75, 3.05) is 0 Å². The summed E-state index contributed by atoms with van der Waals surface area (Å²) in [4.78, 5) is 11.9. The molecule has 3 aromatic rings. The molecule has 0 atom stereocenters. The summed E-state index contributed by atoms with van der Waals surface area (Å²) in [5.74, 6) is 0.917. The summed E-state index contributed by atoms with van der Waals surface area (Å²) >= 11 is 0. The Morgan fingerprint density at radius 2 is 1.61 bits per heavy atom. The van der Waals surface area contributed by atoms with E-state index in [1.54, 1.807) is 12.4 Å². The second-order valence-electron chi connectivity index (χ2n) is 4.15. The lowest BCUT2D eigenvalue weighted by atomic mass is 10.1. The maximum absolute atomic E-state index is 4.58. The third-order valence-corrected chi connectivity index (χ3v) is 2.84. The molecule has 3 rings (SSSR count). The van der Waals surface area contributed by atoms with Crippen LogP contribution in [0.3, 0.4) is 0 Å². The number of H-pyrrole nitrogens is 1. The number of aromatic amines is 1. The Bertz CT molecular complexity index is 585. The number of rotatable bonds is 2. The number of aromatic nitrogens is 3. The van der Waals surface area contributed by atoms with E-state index in [0.717, 1.165) is 28.3 Å². The van der Waals surface area contributed by atoms with Crippen LogP contribution in [0.4, 0.5) is 0 Å². The number of nitrogens with one attached hydrogen (secondary N) is 1. The molecule has 0 bridgehead atoms. The molecule has 0 unspecified atom stereocenters. The van der Waals surface area contributed by atoms with Gasteiger partial charge in [0.2, 0.25) is 0 Å². The molecule has 3 heteroatoms. The van der Waals surface area contributed by atoms with E-state index in [2.05, 4.69) is 27.1 Å². The van der Waals surface area contributed by atoms with Gasteiger partial charge in [0.05, 0.1) is 11.4 Å². The number of pyridine rings is 1. The lowest BCUT2D eigenvalue weighted by Gasteiger charge is -2.02. The van der Waals surface area contributed by atoms with Crippen LogP contribution >= 0.6 is 0 Å². The molecule has 0 saturated heterocycles. The van der Waals surface area contributed by atoms with Gasteiger partial charge in [-0.2, -0.15) is 0 Å². The fraction of sp³-hybridized carbons (Fsp3) is 0.0667. The Kier molecular flexibility index (Phi) is 2.65. The van der Waals surface area contributed by atoms with Crippen LogP contribution in [0.1, 0.15) is 5.82 Å². The van der Waals surface area contributed by atoms with Crippen molar-refractivity contribution in [1.82, 2.24) is 15.0 Å². The van der Waals surface area contributed by atoms with Crippen LogP contribution in [-0.2, 0) is 0 Å². The van der Waals surface area contributed by atoms with E-state index in [0.29, 0.717) is 0 Å². The molecule has 0 fully saturated rings. The van der Waals surface area contributed by atoms with Gasteiger partial charge in [-0.05, 0) is 19.1 Å². The van der Waals surface area contributed by atoms with Gasteiger partial charge in [-0.3, -0.25) is 4.98 Å². The van der Waals surface area contributed by atoms with Gasteiger partial charge in [0.15, 0.2) is 0 Å². The maximum Gasteiger partial charge on any atom is 0.104 e. The summed E-state index contributed by atoms with van der Waals surface area (Å²) in [6.07, 6.45) is 3.58. The monoisotopic (exact) mass is 235 g/mol. The molecule has 1 aromatic carbocycles. The highest BCUT2D eigenvalue weighted by atomic mass is 14.9. The standard InChI is InChI=1S/C15H13N3/c1-11-17-14(12-5-3-2-4-6-12)15(18-11)13-7-9-16-10-8-13/h2-10H,1H3,(H,17,18). The zero-order valence-electron chi connectivity index (χ0n) is 10.1. The highest BCUT2D eigenvalue weighted by Gasteiger charge is 2.11. The number of benzene rings is 1. The van der Waals surface area contributed by atoms with Gasteiger partial charge in [0, 0.05) is 23.5 Å². The lowest BCUT2D eigenvalue weighted by Crippen LogP contribution is -1.83. The Labute approximate surface area is 106 Å². The maximum atomic E-state index is 4.58. The third kappa shape index (κ3) is 1.91. The van der Waals surface area contributed by atoms with Gasteiger partial charge < -0.3 is 4.98 Å². The normalized spacial score (nSPS) is 10.5. The highest BCUT2D eigenvalue weighted by molar-refractivity contribution is 5.78.